The molecule has 0 atom stereocenters. The first-order valence-electron chi connectivity index (χ1n) is 7.48. The van der Waals surface area contributed by atoms with Gasteiger partial charge in [0.2, 0.25) is 5.91 Å². The lowest BCUT2D eigenvalue weighted by Crippen LogP contribution is -2.53. The molecule has 0 spiro atoms. The van der Waals surface area contributed by atoms with Crippen LogP contribution < -0.4 is 0 Å². The molecule has 1 aromatic rings. The van der Waals surface area contributed by atoms with Gasteiger partial charge in [0.1, 0.15) is 0 Å². The minimum Gasteiger partial charge on any atom is -0.339 e. The lowest BCUT2D eigenvalue weighted by atomic mass is 10.1. The highest BCUT2D eigenvalue weighted by atomic mass is 16.2. The largest absolute Gasteiger partial charge is 0.339 e. The molecule has 3 rings (SSSR count). The number of rotatable bonds is 6. The van der Waals surface area contributed by atoms with E-state index in [4.69, 9.17) is 0 Å². The lowest BCUT2D eigenvalue weighted by Gasteiger charge is -2.36. The van der Waals surface area contributed by atoms with E-state index in [0.717, 1.165) is 51.4 Å². The smallest absolute Gasteiger partial charge is 0.236 e. The maximum atomic E-state index is 12.2. The van der Waals surface area contributed by atoms with Gasteiger partial charge in [-0.2, -0.15) is 5.21 Å². The van der Waals surface area contributed by atoms with Gasteiger partial charge < -0.3 is 9.80 Å². The van der Waals surface area contributed by atoms with Crippen LogP contribution in [0.3, 0.4) is 0 Å². The first-order valence-corrected chi connectivity index (χ1v) is 7.48. The fourth-order valence-electron chi connectivity index (χ4n) is 2.87. The predicted molar refractivity (Wildman–Crippen MR) is 76.7 cm³/mol. The van der Waals surface area contributed by atoms with Gasteiger partial charge in [-0.05, 0) is 26.9 Å². The van der Waals surface area contributed by atoms with Gasteiger partial charge in [-0.1, -0.05) is 5.21 Å². The Balaban J connectivity index is 1.52. The normalized spacial score (nSPS) is 22.0. The summed E-state index contributed by atoms with van der Waals surface area (Å²) in [5.41, 5.74) is 0.0269. The van der Waals surface area contributed by atoms with Crippen molar-refractivity contribution >= 4 is 5.91 Å². The SMILES string of the molecule is CN(C)CCN1CCN(CC2(c3nn[nH]n3)CC2)CC1=O. The average Bonchev–Trinajstić information content (AvgIpc) is 3.01. The van der Waals surface area contributed by atoms with Gasteiger partial charge in [0.15, 0.2) is 5.82 Å². The van der Waals surface area contributed by atoms with Crippen molar-refractivity contribution in [3.05, 3.63) is 5.82 Å². The van der Waals surface area contributed by atoms with Crippen molar-refractivity contribution in [1.82, 2.24) is 35.3 Å². The van der Waals surface area contributed by atoms with Crippen molar-refractivity contribution in [2.45, 2.75) is 18.3 Å². The Labute approximate surface area is 124 Å². The summed E-state index contributed by atoms with van der Waals surface area (Å²) in [6.45, 7) is 4.84. The summed E-state index contributed by atoms with van der Waals surface area (Å²) in [6.07, 6.45) is 2.17. The van der Waals surface area contributed by atoms with Gasteiger partial charge in [0, 0.05) is 38.1 Å². The highest BCUT2D eigenvalue weighted by Crippen LogP contribution is 2.46. The third kappa shape index (κ3) is 3.21. The second-order valence-electron chi connectivity index (χ2n) is 6.41. The van der Waals surface area contributed by atoms with E-state index in [1.54, 1.807) is 0 Å². The van der Waals surface area contributed by atoms with E-state index in [1.165, 1.54) is 0 Å². The Morgan fingerprint density at radius 3 is 2.71 bits per heavy atom. The van der Waals surface area contributed by atoms with Crippen molar-refractivity contribution in [3.63, 3.8) is 0 Å². The summed E-state index contributed by atoms with van der Waals surface area (Å²) < 4.78 is 0. The quantitative estimate of drug-likeness (QED) is 0.720. The number of H-pyrrole nitrogens is 1. The molecule has 116 valence electrons. The highest BCUT2D eigenvalue weighted by Gasteiger charge is 2.49. The Morgan fingerprint density at radius 2 is 2.14 bits per heavy atom. The Morgan fingerprint density at radius 1 is 1.33 bits per heavy atom. The number of nitrogens with one attached hydrogen (secondary N) is 1. The van der Waals surface area contributed by atoms with Crippen LogP contribution in [-0.4, -0.2) is 94.6 Å². The number of tetrazole rings is 1. The maximum absolute atomic E-state index is 12.2. The van der Waals surface area contributed by atoms with Crippen molar-refractivity contribution in [1.29, 1.82) is 0 Å². The molecule has 1 aliphatic heterocycles. The van der Waals surface area contributed by atoms with E-state index >= 15 is 0 Å². The molecular weight excluding hydrogens is 270 g/mol. The van der Waals surface area contributed by atoms with Crippen LogP contribution in [0.15, 0.2) is 0 Å². The molecule has 2 fully saturated rings. The van der Waals surface area contributed by atoms with Crippen molar-refractivity contribution in [2.24, 2.45) is 0 Å². The molecular formula is C13H23N7O. The highest BCUT2D eigenvalue weighted by molar-refractivity contribution is 5.79. The third-order valence-corrected chi connectivity index (χ3v) is 4.41. The van der Waals surface area contributed by atoms with E-state index in [1.807, 2.05) is 19.0 Å². The van der Waals surface area contributed by atoms with Crippen LogP contribution in [0.2, 0.25) is 0 Å². The van der Waals surface area contributed by atoms with Crippen LogP contribution in [-0.2, 0) is 10.2 Å². The number of nitrogens with zero attached hydrogens (tertiary/aromatic N) is 6. The zero-order chi connectivity index (χ0) is 14.9. The topological polar surface area (TPSA) is 81.2 Å². The van der Waals surface area contributed by atoms with E-state index < -0.39 is 0 Å². The van der Waals surface area contributed by atoms with Gasteiger partial charge in [-0.15, -0.1) is 10.2 Å². The molecule has 1 saturated heterocycles. The van der Waals surface area contributed by atoms with Crippen LogP contribution in [0, 0.1) is 0 Å². The Hall–Kier alpha value is -1.54. The van der Waals surface area contributed by atoms with E-state index in [9.17, 15) is 4.79 Å². The molecule has 0 radical (unpaired) electrons. The summed E-state index contributed by atoms with van der Waals surface area (Å²) in [5.74, 6) is 1.02. The first-order chi connectivity index (χ1) is 10.1. The zero-order valence-corrected chi connectivity index (χ0v) is 12.7. The van der Waals surface area contributed by atoms with Gasteiger partial charge in [-0.25, -0.2) is 0 Å². The summed E-state index contributed by atoms with van der Waals surface area (Å²) >= 11 is 0. The van der Waals surface area contributed by atoms with Crippen LogP contribution in [0.1, 0.15) is 18.7 Å². The Bertz CT molecular complexity index is 483. The summed E-state index contributed by atoms with van der Waals surface area (Å²) in [7, 11) is 4.06. The molecule has 1 amide bonds. The van der Waals surface area contributed by atoms with Gasteiger partial charge >= 0.3 is 0 Å². The second-order valence-corrected chi connectivity index (χ2v) is 6.41. The van der Waals surface area contributed by atoms with Crippen LogP contribution in [0.4, 0.5) is 0 Å². The first kappa shape index (κ1) is 14.4. The van der Waals surface area contributed by atoms with Crippen LogP contribution in [0.25, 0.3) is 0 Å². The van der Waals surface area contributed by atoms with Gasteiger partial charge in [0.05, 0.1) is 6.54 Å². The number of hydrogen-bond acceptors (Lipinski definition) is 6. The fourth-order valence-corrected chi connectivity index (χ4v) is 2.87. The molecule has 1 N–H and O–H groups in total. The average molecular weight is 293 g/mol. The predicted octanol–water partition coefficient (Wildman–Crippen LogP) is -1.06. The van der Waals surface area contributed by atoms with Gasteiger partial charge in [-0.3, -0.25) is 9.69 Å². The molecule has 8 nitrogen and oxygen atoms in total. The van der Waals surface area contributed by atoms with Crippen molar-refractivity contribution in [2.75, 3.05) is 53.4 Å². The zero-order valence-electron chi connectivity index (χ0n) is 12.7. The molecule has 0 unspecified atom stereocenters. The minimum atomic E-state index is 0.0269. The second kappa shape index (κ2) is 5.69. The number of aromatic amines is 1. The number of carbonyl (C=O) groups excluding carboxylic acids is 1. The monoisotopic (exact) mass is 293 g/mol. The molecule has 8 heteroatoms. The number of carbonyl (C=O) groups is 1. The number of likely N-dealkylation sites (N-methyl/N-ethyl adjacent to an activating group) is 1. The van der Waals surface area contributed by atoms with E-state index in [-0.39, 0.29) is 11.3 Å². The molecule has 2 aliphatic rings. The molecule has 1 aliphatic carbocycles. The van der Waals surface area contributed by atoms with E-state index in [2.05, 4.69) is 30.4 Å². The summed E-state index contributed by atoms with van der Waals surface area (Å²) in [4.78, 5) is 18.5. The number of hydrogen-bond donors (Lipinski definition) is 1. The summed E-state index contributed by atoms with van der Waals surface area (Å²) in [6, 6.07) is 0. The molecule has 0 aromatic carbocycles. The molecule has 1 aromatic heterocycles. The lowest BCUT2D eigenvalue weighted by molar-refractivity contribution is -0.136. The fraction of sp³-hybridized carbons (Fsp3) is 0.846. The van der Waals surface area contributed by atoms with Crippen molar-refractivity contribution < 1.29 is 4.79 Å². The minimum absolute atomic E-state index is 0.0269. The number of aromatic nitrogens is 4. The maximum Gasteiger partial charge on any atom is 0.236 e. The molecule has 21 heavy (non-hydrogen) atoms. The van der Waals surface area contributed by atoms with Crippen LogP contribution >= 0.6 is 0 Å². The summed E-state index contributed by atoms with van der Waals surface area (Å²) in [5, 5.41) is 14.4. The molecule has 1 saturated carbocycles. The third-order valence-electron chi connectivity index (χ3n) is 4.41. The molecule has 0 bridgehead atoms. The standard InChI is InChI=1S/C13H23N7O/c1-18(2)5-7-20-8-6-19(9-11(20)21)10-13(3-4-13)12-14-16-17-15-12/h3-10H2,1-2H3,(H,14,15,16,17). The number of piperazine rings is 1. The van der Waals surface area contributed by atoms with Crippen LogP contribution in [0.5, 0.6) is 0 Å². The van der Waals surface area contributed by atoms with E-state index in [0.29, 0.717) is 6.54 Å². The van der Waals surface area contributed by atoms with Crippen molar-refractivity contribution in [3.8, 4) is 0 Å². The van der Waals surface area contributed by atoms with Gasteiger partial charge in [0.25, 0.3) is 0 Å². The molecule has 2 heterocycles. The Kier molecular flexibility index (Phi) is 3.90. The number of amides is 1.